The van der Waals surface area contributed by atoms with E-state index in [1.165, 1.54) is 17.7 Å². The summed E-state index contributed by atoms with van der Waals surface area (Å²) in [5.41, 5.74) is 1.40. The fourth-order valence-electron chi connectivity index (χ4n) is 3.34. The number of hydrogen-bond acceptors (Lipinski definition) is 2. The molecule has 5 heteroatoms. The number of piperazine rings is 1. The fourth-order valence-corrected chi connectivity index (χ4v) is 3.34. The number of benzene rings is 2. The van der Waals surface area contributed by atoms with Crippen molar-refractivity contribution in [2.75, 3.05) is 37.6 Å². The van der Waals surface area contributed by atoms with Crippen LogP contribution in [0.4, 0.5) is 18.9 Å². The second kappa shape index (κ2) is 7.48. The van der Waals surface area contributed by atoms with Gasteiger partial charge in [0.15, 0.2) is 0 Å². The van der Waals surface area contributed by atoms with Gasteiger partial charge in [0.1, 0.15) is 0 Å². The Morgan fingerprint density at radius 1 is 0.920 bits per heavy atom. The Labute approximate surface area is 146 Å². The molecular weight excluding hydrogens is 325 g/mol. The number of alkyl halides is 3. The molecular formula is C20H23F3N2. The van der Waals surface area contributed by atoms with Crippen molar-refractivity contribution < 1.29 is 13.2 Å². The number of nitrogens with zero attached hydrogens (tertiary/aromatic N) is 2. The fraction of sp³-hybridized carbons (Fsp3) is 0.400. The van der Waals surface area contributed by atoms with Crippen LogP contribution >= 0.6 is 0 Å². The van der Waals surface area contributed by atoms with Crippen LogP contribution in [0.5, 0.6) is 0 Å². The number of halogens is 3. The summed E-state index contributed by atoms with van der Waals surface area (Å²) in [6, 6.07) is 16.0. The van der Waals surface area contributed by atoms with Gasteiger partial charge in [-0.2, -0.15) is 13.2 Å². The van der Waals surface area contributed by atoms with E-state index in [9.17, 15) is 13.2 Å². The van der Waals surface area contributed by atoms with Crippen molar-refractivity contribution in [1.29, 1.82) is 0 Å². The summed E-state index contributed by atoms with van der Waals surface area (Å²) >= 11 is 0. The molecule has 1 heterocycles. The summed E-state index contributed by atoms with van der Waals surface area (Å²) < 4.78 is 38.6. The molecule has 0 saturated carbocycles. The van der Waals surface area contributed by atoms with E-state index < -0.39 is 11.7 Å². The molecule has 0 bridgehead atoms. The first-order valence-corrected chi connectivity index (χ1v) is 8.63. The van der Waals surface area contributed by atoms with Crippen molar-refractivity contribution in [2.24, 2.45) is 0 Å². The normalized spacial score (nSPS) is 17.5. The van der Waals surface area contributed by atoms with Crippen molar-refractivity contribution in [2.45, 2.75) is 19.0 Å². The van der Waals surface area contributed by atoms with Gasteiger partial charge in [0.25, 0.3) is 0 Å². The van der Waals surface area contributed by atoms with Crippen LogP contribution in [0, 0.1) is 0 Å². The first-order chi connectivity index (χ1) is 11.9. The number of anilines is 1. The average molecular weight is 348 g/mol. The summed E-state index contributed by atoms with van der Waals surface area (Å²) in [5.74, 6) is 0.446. The highest BCUT2D eigenvalue weighted by atomic mass is 19.4. The van der Waals surface area contributed by atoms with Gasteiger partial charge in [0, 0.05) is 38.4 Å². The monoisotopic (exact) mass is 348 g/mol. The van der Waals surface area contributed by atoms with E-state index >= 15 is 0 Å². The van der Waals surface area contributed by atoms with Gasteiger partial charge >= 0.3 is 6.18 Å². The molecule has 0 radical (unpaired) electrons. The summed E-state index contributed by atoms with van der Waals surface area (Å²) in [5, 5.41) is 0. The van der Waals surface area contributed by atoms with E-state index in [0.29, 0.717) is 11.6 Å². The van der Waals surface area contributed by atoms with Crippen LogP contribution in [-0.4, -0.2) is 37.6 Å². The Kier molecular flexibility index (Phi) is 5.33. The molecule has 1 aliphatic rings. The SMILES string of the molecule is C[C@H](CN1CCN(c2cccc(C(F)(F)F)c2)CC1)c1ccccc1. The zero-order valence-corrected chi connectivity index (χ0v) is 14.3. The van der Waals surface area contributed by atoms with E-state index in [-0.39, 0.29) is 0 Å². The molecule has 2 aromatic rings. The molecule has 0 N–H and O–H groups in total. The van der Waals surface area contributed by atoms with Gasteiger partial charge in [-0.1, -0.05) is 43.3 Å². The third-order valence-electron chi connectivity index (χ3n) is 4.81. The van der Waals surface area contributed by atoms with Crippen LogP contribution in [0.1, 0.15) is 24.0 Å². The largest absolute Gasteiger partial charge is 0.416 e. The van der Waals surface area contributed by atoms with E-state index in [0.717, 1.165) is 38.8 Å². The molecule has 2 aromatic carbocycles. The van der Waals surface area contributed by atoms with E-state index in [2.05, 4.69) is 36.1 Å². The molecule has 1 aliphatic heterocycles. The molecule has 0 aromatic heterocycles. The molecule has 3 rings (SSSR count). The highest BCUT2D eigenvalue weighted by Crippen LogP contribution is 2.32. The van der Waals surface area contributed by atoms with Crippen LogP contribution < -0.4 is 4.90 Å². The molecule has 0 amide bonds. The maximum atomic E-state index is 12.9. The summed E-state index contributed by atoms with van der Waals surface area (Å²) in [6.07, 6.45) is -4.29. The third kappa shape index (κ3) is 4.54. The lowest BCUT2D eigenvalue weighted by Crippen LogP contribution is -2.47. The minimum Gasteiger partial charge on any atom is -0.369 e. The minimum absolute atomic E-state index is 0.446. The Bertz CT molecular complexity index is 677. The van der Waals surface area contributed by atoms with Crippen LogP contribution in [-0.2, 0) is 6.18 Å². The predicted molar refractivity (Wildman–Crippen MR) is 95.0 cm³/mol. The summed E-state index contributed by atoms with van der Waals surface area (Å²) in [7, 11) is 0. The third-order valence-corrected chi connectivity index (χ3v) is 4.81. The van der Waals surface area contributed by atoms with Gasteiger partial charge in [-0.3, -0.25) is 4.90 Å². The number of hydrogen-bond donors (Lipinski definition) is 0. The topological polar surface area (TPSA) is 6.48 Å². The lowest BCUT2D eigenvalue weighted by Gasteiger charge is -2.37. The highest BCUT2D eigenvalue weighted by Gasteiger charge is 2.31. The Morgan fingerprint density at radius 2 is 1.60 bits per heavy atom. The minimum atomic E-state index is -4.29. The van der Waals surface area contributed by atoms with Gasteiger partial charge in [0.05, 0.1) is 5.56 Å². The summed E-state index contributed by atoms with van der Waals surface area (Å²) in [4.78, 5) is 4.43. The highest BCUT2D eigenvalue weighted by molar-refractivity contribution is 5.49. The molecule has 0 unspecified atom stereocenters. The molecule has 25 heavy (non-hydrogen) atoms. The van der Waals surface area contributed by atoms with Gasteiger partial charge in [-0.15, -0.1) is 0 Å². The molecule has 2 nitrogen and oxygen atoms in total. The Balaban J connectivity index is 1.57. The van der Waals surface area contributed by atoms with Gasteiger partial charge in [-0.05, 0) is 29.7 Å². The quantitative estimate of drug-likeness (QED) is 0.795. The van der Waals surface area contributed by atoms with Crippen molar-refractivity contribution in [3.63, 3.8) is 0 Å². The zero-order chi connectivity index (χ0) is 17.9. The van der Waals surface area contributed by atoms with E-state index in [1.807, 2.05) is 11.0 Å². The van der Waals surface area contributed by atoms with Crippen LogP contribution in [0.15, 0.2) is 54.6 Å². The van der Waals surface area contributed by atoms with E-state index in [4.69, 9.17) is 0 Å². The smallest absolute Gasteiger partial charge is 0.369 e. The summed E-state index contributed by atoms with van der Waals surface area (Å²) in [6.45, 7) is 6.43. The standard InChI is InChI=1S/C20H23F3N2/c1-16(17-6-3-2-4-7-17)15-24-10-12-25(13-11-24)19-9-5-8-18(14-19)20(21,22)23/h2-9,14,16H,10-13,15H2,1H3/t16-/m1/s1. The first kappa shape index (κ1) is 17.8. The lowest BCUT2D eigenvalue weighted by molar-refractivity contribution is -0.137. The van der Waals surface area contributed by atoms with E-state index in [1.54, 1.807) is 6.07 Å². The molecule has 1 atom stereocenters. The van der Waals surface area contributed by atoms with Crippen LogP contribution in [0.2, 0.25) is 0 Å². The Hall–Kier alpha value is -2.01. The first-order valence-electron chi connectivity index (χ1n) is 8.63. The van der Waals surface area contributed by atoms with Crippen LogP contribution in [0.3, 0.4) is 0 Å². The molecule has 1 saturated heterocycles. The van der Waals surface area contributed by atoms with Gasteiger partial charge in [0.2, 0.25) is 0 Å². The second-order valence-corrected chi connectivity index (χ2v) is 6.65. The molecule has 0 spiro atoms. The average Bonchev–Trinajstić information content (AvgIpc) is 2.62. The van der Waals surface area contributed by atoms with Crippen molar-refractivity contribution in [1.82, 2.24) is 4.90 Å². The van der Waals surface area contributed by atoms with Gasteiger partial charge < -0.3 is 4.90 Å². The second-order valence-electron chi connectivity index (χ2n) is 6.65. The van der Waals surface area contributed by atoms with Gasteiger partial charge in [-0.25, -0.2) is 0 Å². The van der Waals surface area contributed by atoms with Crippen LogP contribution in [0.25, 0.3) is 0 Å². The maximum absolute atomic E-state index is 12.9. The molecule has 134 valence electrons. The van der Waals surface area contributed by atoms with Crippen molar-refractivity contribution in [3.05, 3.63) is 65.7 Å². The number of rotatable bonds is 4. The maximum Gasteiger partial charge on any atom is 0.416 e. The van der Waals surface area contributed by atoms with Crippen molar-refractivity contribution >= 4 is 5.69 Å². The molecule has 1 fully saturated rings. The zero-order valence-electron chi connectivity index (χ0n) is 14.3. The Morgan fingerprint density at radius 3 is 2.24 bits per heavy atom. The molecule has 0 aliphatic carbocycles. The predicted octanol–water partition coefficient (Wildman–Crippen LogP) is 4.63. The lowest BCUT2D eigenvalue weighted by atomic mass is 10.0. The van der Waals surface area contributed by atoms with Crippen molar-refractivity contribution in [3.8, 4) is 0 Å².